The van der Waals surface area contributed by atoms with Gasteiger partial charge in [-0.25, -0.2) is 0 Å². The molecule has 0 saturated heterocycles. The summed E-state index contributed by atoms with van der Waals surface area (Å²) in [5, 5.41) is 32.8. The van der Waals surface area contributed by atoms with E-state index in [0.717, 1.165) is 23.1 Å². The summed E-state index contributed by atoms with van der Waals surface area (Å²) in [5.74, 6) is -0.731. The van der Waals surface area contributed by atoms with Crippen molar-refractivity contribution in [2.75, 3.05) is 6.54 Å². The van der Waals surface area contributed by atoms with Crippen molar-refractivity contribution in [2.24, 2.45) is 5.73 Å². The van der Waals surface area contributed by atoms with Crippen molar-refractivity contribution < 1.29 is 20.1 Å². The van der Waals surface area contributed by atoms with Gasteiger partial charge in [-0.15, -0.1) is 0 Å². The van der Waals surface area contributed by atoms with Crippen LogP contribution in [0.1, 0.15) is 46.8 Å². The zero-order valence-corrected chi connectivity index (χ0v) is 18.8. The van der Waals surface area contributed by atoms with Crippen molar-refractivity contribution in [3.8, 4) is 5.75 Å². The number of carbonyl (C=O) groups excluding carboxylic acids is 1. The summed E-state index contributed by atoms with van der Waals surface area (Å²) >= 11 is 0. The van der Waals surface area contributed by atoms with Gasteiger partial charge < -0.3 is 26.4 Å². The van der Waals surface area contributed by atoms with Crippen LogP contribution < -0.4 is 11.1 Å². The topological polar surface area (TPSA) is 116 Å². The van der Waals surface area contributed by atoms with E-state index in [-0.39, 0.29) is 24.3 Å². The Balaban J connectivity index is 1.61. The van der Waals surface area contributed by atoms with Crippen LogP contribution in [-0.2, 0) is 24.2 Å². The van der Waals surface area contributed by atoms with Gasteiger partial charge in [0.25, 0.3) is 0 Å². The van der Waals surface area contributed by atoms with Crippen LogP contribution in [-0.4, -0.2) is 33.8 Å². The average molecular weight is 449 g/mol. The van der Waals surface area contributed by atoms with Gasteiger partial charge in [-0.05, 0) is 54.2 Å². The summed E-state index contributed by atoms with van der Waals surface area (Å²) in [7, 11) is 0. The van der Waals surface area contributed by atoms with Crippen molar-refractivity contribution in [3.63, 3.8) is 0 Å². The van der Waals surface area contributed by atoms with Crippen molar-refractivity contribution >= 4 is 5.91 Å². The highest BCUT2D eigenvalue weighted by molar-refractivity contribution is 5.82. The van der Waals surface area contributed by atoms with E-state index in [0.29, 0.717) is 24.1 Å². The zero-order valence-electron chi connectivity index (χ0n) is 18.8. The minimum absolute atomic E-state index is 0.0104. The lowest BCUT2D eigenvalue weighted by Gasteiger charge is -2.19. The van der Waals surface area contributed by atoms with Crippen LogP contribution in [0, 0.1) is 0 Å². The number of hydrogen-bond donors (Lipinski definition) is 5. The van der Waals surface area contributed by atoms with Gasteiger partial charge in [-0.3, -0.25) is 4.79 Å². The Labute approximate surface area is 194 Å². The molecular formula is C27H32N2O4. The van der Waals surface area contributed by atoms with E-state index in [2.05, 4.69) is 5.32 Å². The minimum Gasteiger partial charge on any atom is -0.508 e. The van der Waals surface area contributed by atoms with Crippen LogP contribution in [0.2, 0.25) is 0 Å². The molecule has 33 heavy (non-hydrogen) atoms. The van der Waals surface area contributed by atoms with E-state index < -0.39 is 12.0 Å². The zero-order chi connectivity index (χ0) is 23.8. The fourth-order valence-corrected chi connectivity index (χ4v) is 3.97. The molecule has 3 aromatic rings. The van der Waals surface area contributed by atoms with Crippen LogP contribution in [0.25, 0.3) is 0 Å². The summed E-state index contributed by atoms with van der Waals surface area (Å²) in [6, 6.07) is 22.6. The molecule has 0 aromatic heterocycles. The molecule has 0 aliphatic rings. The second-order valence-electron chi connectivity index (χ2n) is 8.47. The van der Waals surface area contributed by atoms with Crippen LogP contribution in [0.5, 0.6) is 5.75 Å². The van der Waals surface area contributed by atoms with Gasteiger partial charge in [0, 0.05) is 18.2 Å². The number of carbonyl (C=O) groups is 1. The predicted molar refractivity (Wildman–Crippen MR) is 129 cm³/mol. The highest BCUT2D eigenvalue weighted by Crippen LogP contribution is 2.24. The first-order valence-corrected chi connectivity index (χ1v) is 11.1. The van der Waals surface area contributed by atoms with Crippen molar-refractivity contribution in [1.29, 1.82) is 0 Å². The van der Waals surface area contributed by atoms with Gasteiger partial charge in [0.2, 0.25) is 5.91 Å². The second-order valence-corrected chi connectivity index (χ2v) is 8.47. The third-order valence-corrected chi connectivity index (χ3v) is 5.84. The first kappa shape index (κ1) is 24.5. The molecule has 6 heteroatoms. The number of aliphatic hydroxyl groups is 2. The third-order valence-electron chi connectivity index (χ3n) is 5.84. The third kappa shape index (κ3) is 6.89. The van der Waals surface area contributed by atoms with Gasteiger partial charge in [-0.1, -0.05) is 60.7 Å². The van der Waals surface area contributed by atoms with E-state index in [1.165, 1.54) is 6.07 Å². The number of aliphatic hydroxyl groups excluding tert-OH is 2. The molecule has 3 aromatic carbocycles. The molecule has 0 aliphatic carbocycles. The molecule has 3 atom stereocenters. The Morgan fingerprint density at radius 3 is 2.36 bits per heavy atom. The van der Waals surface area contributed by atoms with Gasteiger partial charge in [-0.2, -0.15) is 0 Å². The molecule has 6 N–H and O–H groups in total. The van der Waals surface area contributed by atoms with E-state index >= 15 is 0 Å². The van der Waals surface area contributed by atoms with Crippen LogP contribution >= 0.6 is 0 Å². The number of phenols is 1. The highest BCUT2D eigenvalue weighted by atomic mass is 16.3. The Kier molecular flexibility index (Phi) is 8.60. The molecule has 1 unspecified atom stereocenters. The van der Waals surface area contributed by atoms with Crippen molar-refractivity contribution in [1.82, 2.24) is 5.32 Å². The smallest absolute Gasteiger partial charge is 0.225 e. The number of benzene rings is 3. The summed E-state index contributed by atoms with van der Waals surface area (Å²) < 4.78 is 0. The molecule has 174 valence electrons. The first-order valence-electron chi connectivity index (χ1n) is 11.1. The summed E-state index contributed by atoms with van der Waals surface area (Å²) in [4.78, 5) is 12.2. The lowest BCUT2D eigenvalue weighted by molar-refractivity contribution is -0.119. The molecule has 0 aliphatic heterocycles. The Hall–Kier alpha value is -3.19. The van der Waals surface area contributed by atoms with Crippen LogP contribution in [0.15, 0.2) is 72.8 Å². The molecule has 0 fully saturated rings. The van der Waals surface area contributed by atoms with Gasteiger partial charge >= 0.3 is 0 Å². The Morgan fingerprint density at radius 1 is 0.939 bits per heavy atom. The van der Waals surface area contributed by atoms with Gasteiger partial charge in [0.1, 0.15) is 5.75 Å². The molecule has 0 radical (unpaired) electrons. The summed E-state index contributed by atoms with van der Waals surface area (Å²) in [6.07, 6.45) is 0.506. The van der Waals surface area contributed by atoms with Gasteiger partial charge in [0.15, 0.2) is 0 Å². The van der Waals surface area contributed by atoms with Crippen molar-refractivity contribution in [3.05, 3.63) is 101 Å². The van der Waals surface area contributed by atoms with E-state index in [1.54, 1.807) is 12.1 Å². The number of aromatic hydroxyl groups is 1. The Bertz CT molecular complexity index is 1050. The molecule has 0 bridgehead atoms. The van der Waals surface area contributed by atoms with Crippen LogP contribution in [0.4, 0.5) is 0 Å². The number of nitrogens with one attached hydrogen (secondary N) is 1. The highest BCUT2D eigenvalue weighted by Gasteiger charge is 2.19. The predicted octanol–water partition coefficient (Wildman–Crippen LogP) is 2.95. The second kappa shape index (κ2) is 11.6. The fourth-order valence-electron chi connectivity index (χ4n) is 3.97. The lowest BCUT2D eigenvalue weighted by atomic mass is 9.89. The standard InChI is InChI=1S/C27H32N2O4/c1-18(29-16-26(32)22-10-11-25(31)23(15-22)17-30)12-20-8-5-9-21(13-20)24(27(28)33)14-19-6-3-2-4-7-19/h2-11,13,15,18,24,26,29-32H,12,14,16-17H2,1H3,(H2,28,33)/t18-,24?,26+/m1/s1. The van der Waals surface area contributed by atoms with E-state index in [1.807, 2.05) is 61.5 Å². The van der Waals surface area contributed by atoms with Crippen molar-refractivity contribution in [2.45, 2.75) is 44.4 Å². The number of primary amides is 1. The number of nitrogens with two attached hydrogens (primary N) is 1. The minimum atomic E-state index is -0.769. The summed E-state index contributed by atoms with van der Waals surface area (Å²) in [5.41, 5.74) is 9.78. The largest absolute Gasteiger partial charge is 0.508 e. The SMILES string of the molecule is C[C@H](Cc1cccc(C(Cc2ccccc2)C(N)=O)c1)NC[C@H](O)c1ccc(O)c(CO)c1. The maximum Gasteiger partial charge on any atom is 0.225 e. The monoisotopic (exact) mass is 448 g/mol. The van der Waals surface area contributed by atoms with Crippen LogP contribution in [0.3, 0.4) is 0 Å². The quantitative estimate of drug-likeness (QED) is 0.309. The molecular weight excluding hydrogens is 416 g/mol. The summed E-state index contributed by atoms with van der Waals surface area (Å²) in [6.45, 7) is 2.07. The molecule has 1 amide bonds. The number of amides is 1. The molecule has 0 spiro atoms. The molecule has 0 saturated carbocycles. The van der Waals surface area contributed by atoms with E-state index in [4.69, 9.17) is 5.73 Å². The molecule has 3 rings (SSSR count). The Morgan fingerprint density at radius 2 is 1.67 bits per heavy atom. The maximum absolute atomic E-state index is 12.2. The van der Waals surface area contributed by atoms with Gasteiger partial charge in [0.05, 0.1) is 18.6 Å². The number of rotatable bonds is 11. The average Bonchev–Trinajstić information content (AvgIpc) is 2.82. The van der Waals surface area contributed by atoms with E-state index in [9.17, 15) is 20.1 Å². The number of hydrogen-bond acceptors (Lipinski definition) is 5. The maximum atomic E-state index is 12.2. The molecule has 6 nitrogen and oxygen atoms in total. The molecule has 0 heterocycles. The first-order chi connectivity index (χ1) is 15.9. The lowest BCUT2D eigenvalue weighted by Crippen LogP contribution is -2.32. The fraction of sp³-hybridized carbons (Fsp3) is 0.296. The normalized spacial score (nSPS) is 13.9.